The maximum absolute atomic E-state index is 9.32. The minimum Gasteiger partial charge on any atom is -0.387 e. The van der Waals surface area contributed by atoms with Crippen molar-refractivity contribution < 1.29 is 5.11 Å². The smallest absolute Gasteiger partial charge is 0.0938 e. The fourth-order valence-corrected chi connectivity index (χ4v) is 1.25. The Labute approximate surface area is 73.4 Å². The summed E-state index contributed by atoms with van der Waals surface area (Å²) in [5, 5.41) is 9.32. The van der Waals surface area contributed by atoms with Gasteiger partial charge < -0.3 is 10.8 Å². The molecule has 60 valence electrons. The van der Waals surface area contributed by atoms with Crippen molar-refractivity contribution in [2.75, 3.05) is 6.54 Å². The molecule has 0 saturated heterocycles. The number of aliphatic hydroxyl groups is 1. The third-order valence-electron chi connectivity index (χ3n) is 1.38. The van der Waals surface area contributed by atoms with E-state index in [1.54, 1.807) is 18.5 Å². The number of nitrogens with two attached hydrogens (primary N) is 1. The maximum Gasteiger partial charge on any atom is 0.0938 e. The first-order valence-corrected chi connectivity index (χ1v) is 4.02. The van der Waals surface area contributed by atoms with Crippen LogP contribution in [0.1, 0.15) is 11.7 Å². The Hall–Kier alpha value is -0.450. The normalized spacial score (nSPS) is 13.0. The molecule has 0 aromatic carbocycles. The summed E-state index contributed by atoms with van der Waals surface area (Å²) in [4.78, 5) is 3.87. The lowest BCUT2D eigenvalue weighted by atomic mass is 10.2. The van der Waals surface area contributed by atoms with Gasteiger partial charge in [0.05, 0.1) is 6.10 Å². The average Bonchev–Trinajstić information content (AvgIpc) is 2.04. The molecule has 0 aliphatic carbocycles. The van der Waals surface area contributed by atoms with Gasteiger partial charge in [-0.25, -0.2) is 0 Å². The van der Waals surface area contributed by atoms with Crippen molar-refractivity contribution in [3.63, 3.8) is 0 Å². The fourth-order valence-electron chi connectivity index (χ4n) is 0.762. The number of aliphatic hydroxyl groups excluding tert-OH is 1. The largest absolute Gasteiger partial charge is 0.387 e. The molecule has 1 atom stereocenters. The van der Waals surface area contributed by atoms with Crippen LogP contribution in [0, 0.1) is 0 Å². The summed E-state index contributed by atoms with van der Waals surface area (Å²) < 4.78 is 0.838. The zero-order chi connectivity index (χ0) is 8.27. The van der Waals surface area contributed by atoms with E-state index < -0.39 is 6.10 Å². The third-order valence-corrected chi connectivity index (χ3v) is 2.10. The van der Waals surface area contributed by atoms with E-state index in [1.807, 2.05) is 0 Å². The number of rotatable bonds is 2. The van der Waals surface area contributed by atoms with Crippen LogP contribution in [0.3, 0.4) is 0 Å². The Bertz CT molecular complexity index is 242. The van der Waals surface area contributed by atoms with Crippen LogP contribution < -0.4 is 5.73 Å². The molecule has 3 nitrogen and oxygen atoms in total. The summed E-state index contributed by atoms with van der Waals surface area (Å²) in [6.07, 6.45) is 2.62. The van der Waals surface area contributed by atoms with Gasteiger partial charge in [-0.2, -0.15) is 0 Å². The Kier molecular flexibility index (Phi) is 2.99. The SMILES string of the molecule is NCC(O)c1cnccc1Br. The van der Waals surface area contributed by atoms with Gasteiger partial charge in [-0.1, -0.05) is 15.9 Å². The van der Waals surface area contributed by atoms with E-state index in [9.17, 15) is 5.11 Å². The molecule has 0 aliphatic heterocycles. The van der Waals surface area contributed by atoms with Crippen LogP contribution in [0.2, 0.25) is 0 Å². The van der Waals surface area contributed by atoms with Crippen LogP contribution in [0.15, 0.2) is 22.9 Å². The highest BCUT2D eigenvalue weighted by atomic mass is 79.9. The van der Waals surface area contributed by atoms with Gasteiger partial charge in [0.1, 0.15) is 0 Å². The highest BCUT2D eigenvalue weighted by Gasteiger charge is 2.07. The minimum atomic E-state index is -0.627. The molecule has 0 spiro atoms. The standard InChI is InChI=1S/C7H9BrN2O/c8-6-1-2-10-4-5(6)7(11)3-9/h1-2,4,7,11H,3,9H2. The number of halogens is 1. The zero-order valence-electron chi connectivity index (χ0n) is 5.87. The molecule has 0 saturated carbocycles. The Morgan fingerprint density at radius 1 is 1.73 bits per heavy atom. The van der Waals surface area contributed by atoms with E-state index in [1.165, 1.54) is 0 Å². The van der Waals surface area contributed by atoms with Gasteiger partial charge in [0.25, 0.3) is 0 Å². The van der Waals surface area contributed by atoms with Gasteiger partial charge in [-0.3, -0.25) is 4.98 Å². The zero-order valence-corrected chi connectivity index (χ0v) is 7.45. The Morgan fingerprint density at radius 3 is 3.00 bits per heavy atom. The van der Waals surface area contributed by atoms with Crippen LogP contribution in [0.25, 0.3) is 0 Å². The van der Waals surface area contributed by atoms with E-state index in [4.69, 9.17) is 5.73 Å². The second-order valence-electron chi connectivity index (χ2n) is 2.15. The summed E-state index contributed by atoms with van der Waals surface area (Å²) in [5.41, 5.74) is 6.01. The average molecular weight is 217 g/mol. The molecule has 1 aromatic heterocycles. The monoisotopic (exact) mass is 216 g/mol. The van der Waals surface area contributed by atoms with E-state index in [-0.39, 0.29) is 6.54 Å². The van der Waals surface area contributed by atoms with E-state index in [0.29, 0.717) is 0 Å². The predicted molar refractivity (Wildman–Crippen MR) is 46.0 cm³/mol. The predicted octanol–water partition coefficient (Wildman–Crippen LogP) is 0.836. The van der Waals surface area contributed by atoms with Crippen molar-refractivity contribution in [3.8, 4) is 0 Å². The molecular formula is C7H9BrN2O. The molecule has 1 unspecified atom stereocenters. The van der Waals surface area contributed by atoms with Crippen LogP contribution in [-0.4, -0.2) is 16.6 Å². The summed E-state index contributed by atoms with van der Waals surface area (Å²) >= 11 is 3.28. The third kappa shape index (κ3) is 1.99. The molecule has 1 rings (SSSR count). The molecule has 1 aromatic rings. The number of hydrogen-bond donors (Lipinski definition) is 2. The van der Waals surface area contributed by atoms with Gasteiger partial charge >= 0.3 is 0 Å². The first-order valence-electron chi connectivity index (χ1n) is 3.23. The summed E-state index contributed by atoms with van der Waals surface area (Å²) in [6.45, 7) is 0.213. The van der Waals surface area contributed by atoms with E-state index >= 15 is 0 Å². The second kappa shape index (κ2) is 3.80. The van der Waals surface area contributed by atoms with E-state index in [0.717, 1.165) is 10.0 Å². The van der Waals surface area contributed by atoms with Gasteiger partial charge in [0.2, 0.25) is 0 Å². The van der Waals surface area contributed by atoms with Gasteiger partial charge in [0.15, 0.2) is 0 Å². The summed E-state index contributed by atoms with van der Waals surface area (Å²) in [6, 6.07) is 1.77. The number of nitrogens with zero attached hydrogens (tertiary/aromatic N) is 1. The highest BCUT2D eigenvalue weighted by molar-refractivity contribution is 9.10. The quantitative estimate of drug-likeness (QED) is 0.771. The van der Waals surface area contributed by atoms with Crippen molar-refractivity contribution in [3.05, 3.63) is 28.5 Å². The van der Waals surface area contributed by atoms with Crippen LogP contribution in [0.5, 0.6) is 0 Å². The lowest BCUT2D eigenvalue weighted by Gasteiger charge is -2.08. The molecule has 11 heavy (non-hydrogen) atoms. The lowest BCUT2D eigenvalue weighted by molar-refractivity contribution is 0.185. The second-order valence-corrected chi connectivity index (χ2v) is 3.00. The number of aromatic nitrogens is 1. The molecule has 3 N–H and O–H groups in total. The molecule has 0 amide bonds. The molecular weight excluding hydrogens is 208 g/mol. The van der Waals surface area contributed by atoms with Crippen molar-refractivity contribution in [1.82, 2.24) is 4.98 Å². The fraction of sp³-hybridized carbons (Fsp3) is 0.286. The maximum atomic E-state index is 9.32. The van der Waals surface area contributed by atoms with Gasteiger partial charge in [-0.05, 0) is 6.07 Å². The van der Waals surface area contributed by atoms with Crippen LogP contribution in [0.4, 0.5) is 0 Å². The molecule has 1 heterocycles. The number of pyridine rings is 1. The lowest BCUT2D eigenvalue weighted by Crippen LogP contribution is -2.12. The topological polar surface area (TPSA) is 59.1 Å². The van der Waals surface area contributed by atoms with Gasteiger partial charge in [0, 0.05) is 29.0 Å². The van der Waals surface area contributed by atoms with Crippen LogP contribution in [-0.2, 0) is 0 Å². The summed E-state index contributed by atoms with van der Waals surface area (Å²) in [5.74, 6) is 0. The Morgan fingerprint density at radius 2 is 2.45 bits per heavy atom. The number of hydrogen-bond acceptors (Lipinski definition) is 3. The summed E-state index contributed by atoms with van der Waals surface area (Å²) in [7, 11) is 0. The first-order chi connectivity index (χ1) is 5.25. The minimum absolute atomic E-state index is 0.213. The van der Waals surface area contributed by atoms with Crippen molar-refractivity contribution in [2.24, 2.45) is 5.73 Å². The van der Waals surface area contributed by atoms with E-state index in [2.05, 4.69) is 20.9 Å². The first kappa shape index (κ1) is 8.64. The molecule has 0 aliphatic rings. The van der Waals surface area contributed by atoms with Crippen LogP contribution >= 0.6 is 15.9 Å². The highest BCUT2D eigenvalue weighted by Crippen LogP contribution is 2.20. The molecule has 0 bridgehead atoms. The van der Waals surface area contributed by atoms with Crippen molar-refractivity contribution >= 4 is 15.9 Å². The molecule has 4 heteroatoms. The molecule has 0 radical (unpaired) electrons. The van der Waals surface area contributed by atoms with Crippen molar-refractivity contribution in [1.29, 1.82) is 0 Å². The molecule has 0 fully saturated rings. The van der Waals surface area contributed by atoms with Gasteiger partial charge in [-0.15, -0.1) is 0 Å². The Balaban J connectivity index is 2.93. The van der Waals surface area contributed by atoms with Crippen molar-refractivity contribution in [2.45, 2.75) is 6.10 Å².